The Bertz CT molecular complexity index is 595. The third-order valence-corrected chi connectivity index (χ3v) is 3.38. The normalized spacial score (nSPS) is 12.9. The van der Waals surface area contributed by atoms with Crippen LogP contribution < -0.4 is 11.3 Å². The third-order valence-electron chi connectivity index (χ3n) is 3.38. The van der Waals surface area contributed by atoms with E-state index >= 15 is 0 Å². The van der Waals surface area contributed by atoms with Gasteiger partial charge in [-0.05, 0) is 38.0 Å². The maximum atomic E-state index is 13.7. The molecule has 1 aromatic carbocycles. The first-order valence-corrected chi connectivity index (χ1v) is 6.94. The monoisotopic (exact) mass is 294 g/mol. The molecule has 0 aliphatic heterocycles. The number of benzene rings is 1. The van der Waals surface area contributed by atoms with Gasteiger partial charge in [0.05, 0.1) is 5.69 Å². The van der Waals surface area contributed by atoms with Crippen LogP contribution in [0.3, 0.4) is 0 Å². The first-order valence-electron chi connectivity index (χ1n) is 6.94. The summed E-state index contributed by atoms with van der Waals surface area (Å²) >= 11 is 0. The van der Waals surface area contributed by atoms with Crippen LogP contribution in [0.25, 0.3) is 0 Å². The lowest BCUT2D eigenvalue weighted by atomic mass is 10.0. The van der Waals surface area contributed by atoms with Gasteiger partial charge in [-0.25, -0.2) is 8.78 Å². The number of nitrogens with zero attached hydrogens (tertiary/aromatic N) is 2. The molecule has 3 N–H and O–H groups in total. The van der Waals surface area contributed by atoms with E-state index in [0.717, 1.165) is 11.8 Å². The summed E-state index contributed by atoms with van der Waals surface area (Å²) in [5.74, 6) is 3.87. The van der Waals surface area contributed by atoms with Crippen molar-refractivity contribution in [1.82, 2.24) is 15.2 Å². The molecule has 1 atom stereocenters. The minimum atomic E-state index is -0.840. The van der Waals surface area contributed by atoms with Gasteiger partial charge in [-0.1, -0.05) is 12.1 Å². The van der Waals surface area contributed by atoms with Crippen molar-refractivity contribution >= 4 is 0 Å². The topological polar surface area (TPSA) is 55.9 Å². The molecule has 6 heteroatoms. The van der Waals surface area contributed by atoms with E-state index in [1.54, 1.807) is 6.07 Å². The van der Waals surface area contributed by atoms with Crippen LogP contribution in [0.4, 0.5) is 8.78 Å². The SMILES string of the molecule is CC(C)n1ccc(CC(Cc2cccc(F)c2F)NN)n1. The number of hydrogen-bond donors (Lipinski definition) is 2. The van der Waals surface area contributed by atoms with Gasteiger partial charge in [0.1, 0.15) is 0 Å². The molecular weight excluding hydrogens is 274 g/mol. The average molecular weight is 294 g/mol. The van der Waals surface area contributed by atoms with Crippen molar-refractivity contribution in [1.29, 1.82) is 0 Å². The van der Waals surface area contributed by atoms with Crippen molar-refractivity contribution in [3.8, 4) is 0 Å². The smallest absolute Gasteiger partial charge is 0.162 e. The number of nitrogens with one attached hydrogen (secondary N) is 1. The van der Waals surface area contributed by atoms with Crippen LogP contribution in [-0.2, 0) is 12.8 Å². The molecule has 1 unspecified atom stereocenters. The molecule has 0 spiro atoms. The Labute approximate surface area is 122 Å². The maximum Gasteiger partial charge on any atom is 0.162 e. The average Bonchev–Trinajstić information content (AvgIpc) is 2.91. The fourth-order valence-corrected chi connectivity index (χ4v) is 2.19. The number of hydrogen-bond acceptors (Lipinski definition) is 3. The number of hydrazine groups is 1. The molecule has 0 bridgehead atoms. The molecule has 0 aliphatic carbocycles. The van der Waals surface area contributed by atoms with Crippen LogP contribution >= 0.6 is 0 Å². The van der Waals surface area contributed by atoms with Crippen molar-refractivity contribution in [2.24, 2.45) is 5.84 Å². The highest BCUT2D eigenvalue weighted by atomic mass is 19.2. The number of halogens is 2. The highest BCUT2D eigenvalue weighted by molar-refractivity contribution is 5.20. The molecule has 0 saturated heterocycles. The standard InChI is InChI=1S/C15H20F2N4/c1-10(2)21-7-6-12(20-21)9-13(19-18)8-11-4-3-5-14(16)15(11)17/h3-7,10,13,19H,8-9,18H2,1-2H3. The second kappa shape index (κ2) is 6.78. The molecular formula is C15H20F2N4. The van der Waals surface area contributed by atoms with Gasteiger partial charge in [-0.2, -0.15) is 5.10 Å². The molecule has 2 rings (SSSR count). The van der Waals surface area contributed by atoms with Crippen LogP contribution in [0.2, 0.25) is 0 Å². The molecule has 0 fully saturated rings. The molecule has 4 nitrogen and oxygen atoms in total. The fourth-order valence-electron chi connectivity index (χ4n) is 2.19. The van der Waals surface area contributed by atoms with Crippen LogP contribution in [-0.4, -0.2) is 15.8 Å². The molecule has 0 aliphatic rings. The van der Waals surface area contributed by atoms with Crippen molar-refractivity contribution in [3.63, 3.8) is 0 Å². The summed E-state index contributed by atoms with van der Waals surface area (Å²) in [6.07, 6.45) is 2.75. The zero-order valence-corrected chi connectivity index (χ0v) is 12.2. The van der Waals surface area contributed by atoms with Gasteiger partial charge in [-0.3, -0.25) is 16.0 Å². The lowest BCUT2D eigenvalue weighted by Crippen LogP contribution is -2.38. The van der Waals surface area contributed by atoms with Gasteiger partial charge in [0, 0.05) is 24.7 Å². The van der Waals surface area contributed by atoms with Gasteiger partial charge in [0.2, 0.25) is 0 Å². The Balaban J connectivity index is 2.07. The molecule has 0 radical (unpaired) electrons. The predicted molar refractivity (Wildman–Crippen MR) is 77.5 cm³/mol. The lowest BCUT2D eigenvalue weighted by Gasteiger charge is -2.15. The summed E-state index contributed by atoms with van der Waals surface area (Å²) < 4.78 is 28.7. The Morgan fingerprint density at radius 3 is 2.62 bits per heavy atom. The van der Waals surface area contributed by atoms with E-state index in [9.17, 15) is 8.78 Å². The number of rotatable bonds is 6. The second-order valence-electron chi connectivity index (χ2n) is 5.37. The Morgan fingerprint density at radius 1 is 1.24 bits per heavy atom. The van der Waals surface area contributed by atoms with Crippen LogP contribution in [0, 0.1) is 11.6 Å². The third kappa shape index (κ3) is 3.86. The molecule has 1 aromatic heterocycles. The van der Waals surface area contributed by atoms with E-state index in [-0.39, 0.29) is 12.1 Å². The first kappa shape index (κ1) is 15.6. The highest BCUT2D eigenvalue weighted by Crippen LogP contribution is 2.15. The summed E-state index contributed by atoms with van der Waals surface area (Å²) in [6, 6.07) is 6.14. The van der Waals surface area contributed by atoms with Gasteiger partial charge < -0.3 is 0 Å². The van der Waals surface area contributed by atoms with E-state index in [2.05, 4.69) is 10.5 Å². The van der Waals surface area contributed by atoms with Gasteiger partial charge in [0.15, 0.2) is 11.6 Å². The summed E-state index contributed by atoms with van der Waals surface area (Å²) in [7, 11) is 0. The zero-order valence-electron chi connectivity index (χ0n) is 12.2. The zero-order chi connectivity index (χ0) is 15.4. The molecule has 0 saturated carbocycles. The minimum absolute atomic E-state index is 0.211. The molecule has 2 aromatic rings. The van der Waals surface area contributed by atoms with Crippen molar-refractivity contribution < 1.29 is 8.78 Å². The second-order valence-corrected chi connectivity index (χ2v) is 5.37. The van der Waals surface area contributed by atoms with E-state index < -0.39 is 11.6 Å². The van der Waals surface area contributed by atoms with Crippen LogP contribution in [0.1, 0.15) is 31.1 Å². The Morgan fingerprint density at radius 2 is 2.00 bits per heavy atom. The largest absolute Gasteiger partial charge is 0.271 e. The van der Waals surface area contributed by atoms with Gasteiger partial charge in [0.25, 0.3) is 0 Å². The summed E-state index contributed by atoms with van der Waals surface area (Å²) in [5, 5.41) is 4.43. The maximum absolute atomic E-state index is 13.7. The van der Waals surface area contributed by atoms with Crippen molar-refractivity contribution in [3.05, 3.63) is 53.4 Å². The van der Waals surface area contributed by atoms with Crippen LogP contribution in [0.5, 0.6) is 0 Å². The minimum Gasteiger partial charge on any atom is -0.271 e. The van der Waals surface area contributed by atoms with E-state index in [0.29, 0.717) is 18.4 Å². The van der Waals surface area contributed by atoms with Crippen LogP contribution in [0.15, 0.2) is 30.5 Å². The number of nitrogens with two attached hydrogens (primary N) is 1. The molecule has 114 valence electrons. The summed E-state index contributed by atoms with van der Waals surface area (Å²) in [4.78, 5) is 0. The first-order chi connectivity index (χ1) is 10.0. The number of aromatic nitrogens is 2. The summed E-state index contributed by atoms with van der Waals surface area (Å²) in [5.41, 5.74) is 3.82. The van der Waals surface area contributed by atoms with E-state index in [4.69, 9.17) is 5.84 Å². The van der Waals surface area contributed by atoms with Gasteiger partial charge in [-0.15, -0.1) is 0 Å². The molecule has 1 heterocycles. The molecule has 21 heavy (non-hydrogen) atoms. The summed E-state index contributed by atoms with van der Waals surface area (Å²) in [6.45, 7) is 4.08. The van der Waals surface area contributed by atoms with Crippen molar-refractivity contribution in [2.75, 3.05) is 0 Å². The van der Waals surface area contributed by atoms with Crippen molar-refractivity contribution in [2.45, 2.75) is 38.8 Å². The fraction of sp³-hybridized carbons (Fsp3) is 0.400. The van der Waals surface area contributed by atoms with Gasteiger partial charge >= 0.3 is 0 Å². The van der Waals surface area contributed by atoms with E-state index in [1.807, 2.05) is 30.8 Å². The lowest BCUT2D eigenvalue weighted by molar-refractivity contribution is 0.467. The predicted octanol–water partition coefficient (Wildman–Crippen LogP) is 2.36. The Kier molecular flexibility index (Phi) is 5.03. The molecule has 0 amide bonds. The quantitative estimate of drug-likeness (QED) is 0.635. The Hall–Kier alpha value is -1.79. The van der Waals surface area contributed by atoms with E-state index in [1.165, 1.54) is 6.07 Å². The highest BCUT2D eigenvalue weighted by Gasteiger charge is 2.15.